The smallest absolute Gasteiger partial charge is 0.125 e. The zero-order valence-corrected chi connectivity index (χ0v) is 11.1. The number of alkyl halides is 1. The fourth-order valence-electron chi connectivity index (χ4n) is 1.77. The molecule has 0 bridgehead atoms. The summed E-state index contributed by atoms with van der Waals surface area (Å²) in [5.74, 6) is 1.48. The van der Waals surface area contributed by atoms with Crippen molar-refractivity contribution >= 4 is 11.6 Å². The Kier molecular flexibility index (Phi) is 5.10. The Hall–Kier alpha value is -0.730. The monoisotopic (exact) mass is 242 g/mol. The first-order valence-electron chi connectivity index (χ1n) is 5.40. The van der Waals surface area contributed by atoms with Crippen molar-refractivity contribution in [3.05, 3.63) is 28.8 Å². The van der Waals surface area contributed by atoms with Gasteiger partial charge in [0.05, 0.1) is 6.61 Å². The van der Waals surface area contributed by atoms with Crippen molar-refractivity contribution in [3.63, 3.8) is 0 Å². The highest BCUT2D eigenvalue weighted by molar-refractivity contribution is 6.17. The third kappa shape index (κ3) is 3.39. The first-order valence-corrected chi connectivity index (χ1v) is 5.93. The van der Waals surface area contributed by atoms with Crippen molar-refractivity contribution in [1.29, 1.82) is 0 Å². The molecule has 0 aliphatic carbocycles. The molecule has 1 aromatic carbocycles. The van der Waals surface area contributed by atoms with E-state index in [1.54, 1.807) is 7.11 Å². The van der Waals surface area contributed by atoms with Crippen molar-refractivity contribution in [1.82, 2.24) is 0 Å². The molecule has 1 aromatic rings. The molecule has 1 unspecified atom stereocenters. The van der Waals surface area contributed by atoms with Crippen LogP contribution >= 0.6 is 11.6 Å². The molecule has 0 aliphatic heterocycles. The molecule has 0 aromatic heterocycles. The van der Waals surface area contributed by atoms with Gasteiger partial charge in [-0.15, -0.1) is 11.6 Å². The predicted molar refractivity (Wildman–Crippen MR) is 67.4 cm³/mol. The van der Waals surface area contributed by atoms with Crippen LogP contribution in [-0.4, -0.2) is 19.8 Å². The minimum Gasteiger partial charge on any atom is -0.488 e. The first-order chi connectivity index (χ1) is 7.58. The lowest BCUT2D eigenvalue weighted by Crippen LogP contribution is -2.19. The van der Waals surface area contributed by atoms with Gasteiger partial charge in [0.15, 0.2) is 0 Å². The summed E-state index contributed by atoms with van der Waals surface area (Å²) < 4.78 is 10.9. The molecule has 0 saturated carbocycles. The first kappa shape index (κ1) is 13.3. The average Bonchev–Trinajstić information content (AvgIpc) is 2.23. The molecule has 0 saturated heterocycles. The van der Waals surface area contributed by atoms with Crippen LogP contribution in [0.4, 0.5) is 0 Å². The molecular formula is C13H19ClO2. The molecule has 0 N–H and O–H groups in total. The third-order valence-corrected chi connectivity index (χ3v) is 2.70. The molecule has 2 nitrogen and oxygen atoms in total. The quantitative estimate of drug-likeness (QED) is 0.737. The fourth-order valence-corrected chi connectivity index (χ4v) is 1.93. The third-order valence-electron chi connectivity index (χ3n) is 2.39. The topological polar surface area (TPSA) is 18.5 Å². The van der Waals surface area contributed by atoms with E-state index >= 15 is 0 Å². The van der Waals surface area contributed by atoms with Crippen LogP contribution in [0.3, 0.4) is 0 Å². The molecule has 0 spiro atoms. The Morgan fingerprint density at radius 3 is 2.25 bits per heavy atom. The van der Waals surface area contributed by atoms with Gasteiger partial charge in [0, 0.05) is 13.0 Å². The van der Waals surface area contributed by atoms with Crippen LogP contribution in [-0.2, 0) is 10.6 Å². The molecule has 0 amide bonds. The van der Waals surface area contributed by atoms with Crippen LogP contribution in [0.2, 0.25) is 0 Å². The second-order valence-electron chi connectivity index (χ2n) is 4.08. The normalized spacial score (nSPS) is 12.6. The van der Waals surface area contributed by atoms with E-state index in [1.807, 2.05) is 20.8 Å². The molecule has 0 fully saturated rings. The standard InChI is InChI=1S/C13H19ClO2/c1-9-5-12(7-14)6-10(2)13(9)16-11(3)8-15-4/h5-6,11H,7-8H2,1-4H3. The lowest BCUT2D eigenvalue weighted by atomic mass is 10.1. The second-order valence-corrected chi connectivity index (χ2v) is 4.34. The van der Waals surface area contributed by atoms with Crippen LogP contribution < -0.4 is 4.74 Å². The Morgan fingerprint density at radius 1 is 1.25 bits per heavy atom. The largest absolute Gasteiger partial charge is 0.488 e. The van der Waals surface area contributed by atoms with Gasteiger partial charge in [-0.2, -0.15) is 0 Å². The number of halogens is 1. The fraction of sp³-hybridized carbons (Fsp3) is 0.538. The maximum Gasteiger partial charge on any atom is 0.125 e. The molecule has 0 aliphatic rings. The minimum absolute atomic E-state index is 0.0595. The summed E-state index contributed by atoms with van der Waals surface area (Å²) in [4.78, 5) is 0. The van der Waals surface area contributed by atoms with Crippen LogP contribution in [0.5, 0.6) is 5.75 Å². The predicted octanol–water partition coefficient (Wildman–Crippen LogP) is 3.46. The SMILES string of the molecule is COCC(C)Oc1c(C)cc(CCl)cc1C. The molecule has 90 valence electrons. The Morgan fingerprint density at radius 2 is 1.81 bits per heavy atom. The van der Waals surface area contributed by atoms with Gasteiger partial charge in [0.1, 0.15) is 11.9 Å². The van der Waals surface area contributed by atoms with Crippen LogP contribution in [0.15, 0.2) is 12.1 Å². The minimum atomic E-state index is 0.0595. The van der Waals surface area contributed by atoms with Gasteiger partial charge in [-0.1, -0.05) is 12.1 Å². The maximum absolute atomic E-state index is 5.85. The number of ether oxygens (including phenoxy) is 2. The number of hydrogen-bond acceptors (Lipinski definition) is 2. The molecule has 1 atom stereocenters. The lowest BCUT2D eigenvalue weighted by molar-refractivity contribution is 0.0911. The summed E-state index contributed by atoms with van der Waals surface area (Å²) in [5, 5.41) is 0. The average molecular weight is 243 g/mol. The van der Waals surface area contributed by atoms with E-state index < -0.39 is 0 Å². The van der Waals surface area contributed by atoms with Gasteiger partial charge in [-0.25, -0.2) is 0 Å². The van der Waals surface area contributed by atoms with E-state index in [4.69, 9.17) is 21.1 Å². The molecular weight excluding hydrogens is 224 g/mol. The van der Waals surface area contributed by atoms with Crippen LogP contribution in [0.1, 0.15) is 23.6 Å². The number of benzene rings is 1. The van der Waals surface area contributed by atoms with Gasteiger partial charge in [0.25, 0.3) is 0 Å². The van der Waals surface area contributed by atoms with E-state index in [-0.39, 0.29) is 6.10 Å². The van der Waals surface area contributed by atoms with Crippen molar-refractivity contribution < 1.29 is 9.47 Å². The van der Waals surface area contributed by atoms with Gasteiger partial charge < -0.3 is 9.47 Å². The number of hydrogen-bond donors (Lipinski definition) is 0. The van der Waals surface area contributed by atoms with E-state index in [1.165, 1.54) is 0 Å². The number of rotatable bonds is 5. The summed E-state index contributed by atoms with van der Waals surface area (Å²) in [6, 6.07) is 4.13. The van der Waals surface area contributed by atoms with Crippen molar-refractivity contribution in [2.24, 2.45) is 0 Å². The highest BCUT2D eigenvalue weighted by Crippen LogP contribution is 2.26. The highest BCUT2D eigenvalue weighted by Gasteiger charge is 2.10. The molecule has 0 radical (unpaired) electrons. The number of aryl methyl sites for hydroxylation is 2. The van der Waals surface area contributed by atoms with Crippen LogP contribution in [0.25, 0.3) is 0 Å². The van der Waals surface area contributed by atoms with E-state index in [0.29, 0.717) is 12.5 Å². The Bertz CT molecular complexity index is 327. The Labute approximate surface area is 103 Å². The van der Waals surface area contributed by atoms with Crippen molar-refractivity contribution in [2.45, 2.75) is 32.8 Å². The van der Waals surface area contributed by atoms with Crippen molar-refractivity contribution in [3.8, 4) is 5.75 Å². The summed E-state index contributed by atoms with van der Waals surface area (Å²) in [7, 11) is 1.68. The molecule has 1 rings (SSSR count). The molecule has 16 heavy (non-hydrogen) atoms. The molecule has 0 heterocycles. The summed E-state index contributed by atoms with van der Waals surface area (Å²) >= 11 is 5.82. The summed E-state index contributed by atoms with van der Waals surface area (Å²) in [5.41, 5.74) is 3.38. The summed E-state index contributed by atoms with van der Waals surface area (Å²) in [6.45, 7) is 6.67. The van der Waals surface area contributed by atoms with E-state index in [9.17, 15) is 0 Å². The Balaban J connectivity index is 2.87. The van der Waals surface area contributed by atoms with Gasteiger partial charge in [-0.3, -0.25) is 0 Å². The highest BCUT2D eigenvalue weighted by atomic mass is 35.5. The van der Waals surface area contributed by atoms with Gasteiger partial charge >= 0.3 is 0 Å². The van der Waals surface area contributed by atoms with E-state index in [0.717, 1.165) is 22.4 Å². The molecule has 3 heteroatoms. The van der Waals surface area contributed by atoms with Crippen molar-refractivity contribution in [2.75, 3.05) is 13.7 Å². The van der Waals surface area contributed by atoms with Gasteiger partial charge in [-0.05, 0) is 37.5 Å². The maximum atomic E-state index is 5.85. The lowest BCUT2D eigenvalue weighted by Gasteiger charge is -2.18. The zero-order valence-electron chi connectivity index (χ0n) is 10.3. The van der Waals surface area contributed by atoms with Gasteiger partial charge in [0.2, 0.25) is 0 Å². The zero-order chi connectivity index (χ0) is 12.1. The number of methoxy groups -OCH3 is 1. The summed E-state index contributed by atoms with van der Waals surface area (Å²) in [6.07, 6.45) is 0.0595. The second kappa shape index (κ2) is 6.12. The van der Waals surface area contributed by atoms with E-state index in [2.05, 4.69) is 12.1 Å². The van der Waals surface area contributed by atoms with Crippen LogP contribution in [0, 0.1) is 13.8 Å².